The van der Waals surface area contributed by atoms with Crippen LogP contribution in [0.2, 0.25) is 0 Å². The molecule has 1 heterocycles. The molecule has 1 N–H and O–H groups in total. The van der Waals surface area contributed by atoms with Crippen LogP contribution in [-0.2, 0) is 16.1 Å². The monoisotopic (exact) mass is 399 g/mol. The second kappa shape index (κ2) is 8.26. The highest BCUT2D eigenvalue weighted by Crippen LogP contribution is 2.25. The van der Waals surface area contributed by atoms with E-state index in [1.54, 1.807) is 18.2 Å². The van der Waals surface area contributed by atoms with E-state index in [-0.39, 0.29) is 23.5 Å². The Hall–Kier alpha value is -3.85. The van der Waals surface area contributed by atoms with Crippen molar-refractivity contribution >= 4 is 28.9 Å². The van der Waals surface area contributed by atoms with Crippen LogP contribution in [0.3, 0.4) is 0 Å². The molecule has 0 saturated heterocycles. The highest BCUT2D eigenvalue weighted by molar-refractivity contribution is 6.04. The molecule has 6 nitrogen and oxygen atoms in total. The normalized spacial score (nSPS) is 13.7. The van der Waals surface area contributed by atoms with E-state index in [1.165, 1.54) is 7.11 Å². The number of rotatable bonds is 6. The summed E-state index contributed by atoms with van der Waals surface area (Å²) in [6.07, 6.45) is 5.50. The van der Waals surface area contributed by atoms with Gasteiger partial charge in [0.25, 0.3) is 5.91 Å². The molecule has 4 rings (SSSR count). The Morgan fingerprint density at radius 3 is 2.77 bits per heavy atom. The van der Waals surface area contributed by atoms with Crippen LogP contribution in [0.1, 0.15) is 34.3 Å². The zero-order valence-corrected chi connectivity index (χ0v) is 16.6. The van der Waals surface area contributed by atoms with Gasteiger partial charge >= 0.3 is 5.97 Å². The molecule has 0 atom stereocenters. The summed E-state index contributed by atoms with van der Waals surface area (Å²) in [5, 5.41) is 13.3. The lowest BCUT2D eigenvalue weighted by molar-refractivity contribution is -0.117. The lowest BCUT2D eigenvalue weighted by atomic mass is 10.1. The number of carbonyl (C=O) groups is 2. The quantitative estimate of drug-likeness (QED) is 0.389. The molecular weight excluding hydrogens is 378 g/mol. The summed E-state index contributed by atoms with van der Waals surface area (Å²) in [6, 6.07) is 17.3. The van der Waals surface area contributed by atoms with Crippen molar-refractivity contribution in [2.24, 2.45) is 0 Å². The molecule has 30 heavy (non-hydrogen) atoms. The fraction of sp³-hybridized carbons (Fsp3) is 0.208. The Kier molecular flexibility index (Phi) is 5.36. The molecule has 0 unspecified atom stereocenters. The summed E-state index contributed by atoms with van der Waals surface area (Å²) < 4.78 is 6.85. The van der Waals surface area contributed by atoms with Crippen LogP contribution in [0.25, 0.3) is 17.0 Å². The van der Waals surface area contributed by atoms with Gasteiger partial charge in [0.05, 0.1) is 12.7 Å². The van der Waals surface area contributed by atoms with E-state index < -0.39 is 0 Å². The highest BCUT2D eigenvalue weighted by Gasteiger charge is 2.25. The van der Waals surface area contributed by atoms with Gasteiger partial charge < -0.3 is 14.6 Å². The first-order chi connectivity index (χ1) is 14.6. The third kappa shape index (κ3) is 4.11. The molecule has 1 saturated carbocycles. The van der Waals surface area contributed by atoms with E-state index in [0.717, 1.165) is 34.9 Å². The van der Waals surface area contributed by atoms with E-state index in [1.807, 2.05) is 53.2 Å². The summed E-state index contributed by atoms with van der Waals surface area (Å²) >= 11 is 0. The molecule has 6 heteroatoms. The number of fused-ring (bicyclic) bond motifs is 1. The molecule has 1 aliphatic rings. The Labute approximate surface area is 174 Å². The topological polar surface area (TPSA) is 84.1 Å². The number of ether oxygens (including phenoxy) is 1. The van der Waals surface area contributed by atoms with Crippen molar-refractivity contribution in [2.45, 2.75) is 25.4 Å². The van der Waals surface area contributed by atoms with Crippen molar-refractivity contribution < 1.29 is 14.3 Å². The molecule has 1 fully saturated rings. The number of benzene rings is 2. The summed E-state index contributed by atoms with van der Waals surface area (Å²) in [6.45, 7) is 0.537. The summed E-state index contributed by atoms with van der Waals surface area (Å²) in [7, 11) is 1.36. The minimum Gasteiger partial charge on any atom is -0.465 e. The van der Waals surface area contributed by atoms with Crippen LogP contribution < -0.4 is 5.32 Å². The van der Waals surface area contributed by atoms with Gasteiger partial charge in [-0.2, -0.15) is 5.26 Å². The smallest absolute Gasteiger partial charge is 0.337 e. The van der Waals surface area contributed by atoms with Crippen LogP contribution in [-0.4, -0.2) is 29.6 Å². The van der Waals surface area contributed by atoms with Crippen LogP contribution in [0, 0.1) is 11.3 Å². The standard InChI is InChI=1S/C24H21N3O3/c1-30-24(29)17-6-4-5-16(11-17)14-27-15-19(21-7-2-3-8-22(21)27)12-18(13-25)23(28)26-20-9-10-20/h2-8,11-12,15,20H,9-10,14H2,1H3,(H,26,28). The minimum absolute atomic E-state index is 0.0949. The first kappa shape index (κ1) is 19.5. The van der Waals surface area contributed by atoms with Gasteiger partial charge in [0.1, 0.15) is 11.6 Å². The maximum absolute atomic E-state index is 12.3. The molecule has 0 bridgehead atoms. The van der Waals surface area contributed by atoms with Crippen molar-refractivity contribution in [2.75, 3.05) is 7.11 Å². The second-order valence-corrected chi connectivity index (χ2v) is 7.34. The third-order valence-electron chi connectivity index (χ3n) is 5.10. The zero-order valence-electron chi connectivity index (χ0n) is 16.6. The molecule has 1 amide bonds. The third-order valence-corrected chi connectivity index (χ3v) is 5.10. The Bertz CT molecular complexity index is 1200. The lowest BCUT2D eigenvalue weighted by Gasteiger charge is -2.07. The van der Waals surface area contributed by atoms with E-state index >= 15 is 0 Å². The first-order valence-corrected chi connectivity index (χ1v) is 9.77. The van der Waals surface area contributed by atoms with Crippen LogP contribution >= 0.6 is 0 Å². The number of aromatic nitrogens is 1. The van der Waals surface area contributed by atoms with Crippen LogP contribution in [0.15, 0.2) is 60.3 Å². The summed E-state index contributed by atoms with van der Waals surface area (Å²) in [5.74, 6) is -0.708. The number of nitriles is 1. The van der Waals surface area contributed by atoms with Gasteiger partial charge in [0.2, 0.25) is 0 Å². The number of amides is 1. The Morgan fingerprint density at radius 1 is 1.23 bits per heavy atom. The maximum Gasteiger partial charge on any atom is 0.337 e. The van der Waals surface area contributed by atoms with Crippen molar-refractivity contribution in [3.63, 3.8) is 0 Å². The number of para-hydroxylation sites is 1. The fourth-order valence-corrected chi connectivity index (χ4v) is 3.43. The average molecular weight is 399 g/mol. The minimum atomic E-state index is -0.377. The first-order valence-electron chi connectivity index (χ1n) is 9.77. The predicted molar refractivity (Wildman–Crippen MR) is 114 cm³/mol. The molecule has 1 aliphatic carbocycles. The molecule has 0 aliphatic heterocycles. The molecule has 2 aromatic carbocycles. The number of nitrogens with one attached hydrogen (secondary N) is 1. The van der Waals surface area contributed by atoms with Crippen molar-refractivity contribution in [1.29, 1.82) is 5.26 Å². The van der Waals surface area contributed by atoms with Crippen LogP contribution in [0.4, 0.5) is 0 Å². The maximum atomic E-state index is 12.3. The van der Waals surface area contributed by atoms with E-state index in [2.05, 4.69) is 5.32 Å². The van der Waals surface area contributed by atoms with Gasteiger partial charge in [-0.25, -0.2) is 4.79 Å². The number of hydrogen-bond donors (Lipinski definition) is 1. The van der Waals surface area contributed by atoms with Gasteiger partial charge in [-0.05, 0) is 42.7 Å². The molecule has 150 valence electrons. The zero-order chi connectivity index (χ0) is 21.1. The van der Waals surface area contributed by atoms with Gasteiger partial charge in [-0.3, -0.25) is 4.79 Å². The SMILES string of the molecule is COC(=O)c1cccc(Cn2cc(C=C(C#N)C(=O)NC3CC3)c3ccccc32)c1. The average Bonchev–Trinajstić information content (AvgIpc) is 3.52. The van der Waals surface area contributed by atoms with Gasteiger partial charge in [-0.15, -0.1) is 0 Å². The lowest BCUT2D eigenvalue weighted by Crippen LogP contribution is -2.26. The highest BCUT2D eigenvalue weighted by atomic mass is 16.5. The number of hydrogen-bond acceptors (Lipinski definition) is 4. The molecule has 1 aromatic heterocycles. The summed E-state index contributed by atoms with van der Waals surface area (Å²) in [5.41, 5.74) is 3.32. The summed E-state index contributed by atoms with van der Waals surface area (Å²) in [4.78, 5) is 24.2. The van der Waals surface area contributed by atoms with E-state index in [0.29, 0.717) is 12.1 Å². The number of nitrogens with zero attached hydrogens (tertiary/aromatic N) is 2. The van der Waals surface area contributed by atoms with Gasteiger partial charge in [-0.1, -0.05) is 30.3 Å². The fourth-order valence-electron chi connectivity index (χ4n) is 3.43. The number of esters is 1. The van der Waals surface area contributed by atoms with Crippen molar-refractivity contribution in [3.05, 3.63) is 77.0 Å². The molecule has 3 aromatic rings. The van der Waals surface area contributed by atoms with Crippen molar-refractivity contribution in [3.8, 4) is 6.07 Å². The Morgan fingerprint density at radius 2 is 2.03 bits per heavy atom. The molecule has 0 spiro atoms. The van der Waals surface area contributed by atoms with Crippen LogP contribution in [0.5, 0.6) is 0 Å². The van der Waals surface area contributed by atoms with Gasteiger partial charge in [0.15, 0.2) is 0 Å². The number of carbonyl (C=O) groups excluding carboxylic acids is 2. The van der Waals surface area contributed by atoms with Gasteiger partial charge in [0, 0.05) is 35.2 Å². The largest absolute Gasteiger partial charge is 0.465 e. The Balaban J connectivity index is 1.69. The van der Waals surface area contributed by atoms with Crippen molar-refractivity contribution in [1.82, 2.24) is 9.88 Å². The van der Waals surface area contributed by atoms with E-state index in [9.17, 15) is 14.9 Å². The predicted octanol–water partition coefficient (Wildman–Crippen LogP) is 3.66. The molecular formula is C24H21N3O3. The second-order valence-electron chi connectivity index (χ2n) is 7.34. The van der Waals surface area contributed by atoms with E-state index in [4.69, 9.17) is 4.74 Å². The molecule has 0 radical (unpaired) electrons. The number of methoxy groups -OCH3 is 1.